The number of hydrogen-bond donors (Lipinski definition) is 2. The molecule has 0 saturated carbocycles. The van der Waals surface area contributed by atoms with Crippen molar-refractivity contribution in [1.29, 1.82) is 0 Å². The van der Waals surface area contributed by atoms with E-state index in [2.05, 4.69) is 21.2 Å². The summed E-state index contributed by atoms with van der Waals surface area (Å²) in [7, 11) is 0. The van der Waals surface area contributed by atoms with Crippen molar-refractivity contribution in [1.82, 2.24) is 5.32 Å². The topological polar surface area (TPSA) is 85.3 Å². The Morgan fingerprint density at radius 2 is 2.14 bits per heavy atom. The number of amides is 2. The lowest BCUT2D eigenvalue weighted by Crippen LogP contribution is -2.48. The summed E-state index contributed by atoms with van der Waals surface area (Å²) in [6.07, 6.45) is 0.736. The first kappa shape index (κ1) is 15.6. The average Bonchev–Trinajstić information content (AvgIpc) is 2.89. The fraction of sp³-hybridized carbons (Fsp3) is 0.333. The van der Waals surface area contributed by atoms with Gasteiger partial charge in [0.15, 0.2) is 5.76 Å². The van der Waals surface area contributed by atoms with Gasteiger partial charge in [-0.3, -0.25) is 9.59 Å². The number of furan rings is 1. The molecule has 2 rings (SSSR count). The summed E-state index contributed by atoms with van der Waals surface area (Å²) in [4.78, 5) is 23.7. The largest absolute Gasteiger partial charge is 0.450 e. The van der Waals surface area contributed by atoms with Crippen molar-refractivity contribution in [3.05, 3.63) is 34.5 Å². The van der Waals surface area contributed by atoms with Gasteiger partial charge in [0.25, 0.3) is 5.91 Å². The number of halogens is 1. The first-order valence-corrected chi connectivity index (χ1v) is 7.51. The molecule has 1 heterocycles. The third-order valence-electron chi connectivity index (χ3n) is 3.53. The van der Waals surface area contributed by atoms with E-state index >= 15 is 0 Å². The van der Waals surface area contributed by atoms with Gasteiger partial charge in [-0.1, -0.05) is 32.4 Å². The van der Waals surface area contributed by atoms with Crippen LogP contribution in [-0.2, 0) is 4.79 Å². The summed E-state index contributed by atoms with van der Waals surface area (Å²) < 4.78 is 6.31. The SMILES string of the molecule is CCC(C)C(NC(=O)c1cc2cccc(Br)c2o1)C(N)=O. The number of carbonyl (C=O) groups is 2. The average molecular weight is 353 g/mol. The van der Waals surface area contributed by atoms with Crippen LogP contribution in [-0.4, -0.2) is 17.9 Å². The molecule has 1 aromatic heterocycles. The molecule has 3 N–H and O–H groups in total. The molecule has 0 aliphatic heterocycles. The van der Waals surface area contributed by atoms with Crippen molar-refractivity contribution in [2.24, 2.45) is 11.7 Å². The fourth-order valence-electron chi connectivity index (χ4n) is 2.08. The lowest BCUT2D eigenvalue weighted by molar-refractivity contribution is -0.120. The predicted molar refractivity (Wildman–Crippen MR) is 83.8 cm³/mol. The highest BCUT2D eigenvalue weighted by atomic mass is 79.9. The second-order valence-corrected chi connectivity index (χ2v) is 5.86. The van der Waals surface area contributed by atoms with Crippen LogP contribution in [0, 0.1) is 5.92 Å². The normalized spacial score (nSPS) is 13.9. The van der Waals surface area contributed by atoms with E-state index in [1.807, 2.05) is 32.0 Å². The zero-order valence-electron chi connectivity index (χ0n) is 11.9. The van der Waals surface area contributed by atoms with E-state index < -0.39 is 17.9 Å². The Bertz CT molecular complexity index is 681. The van der Waals surface area contributed by atoms with Crippen molar-refractivity contribution in [2.75, 3.05) is 0 Å². The monoisotopic (exact) mass is 352 g/mol. The summed E-state index contributed by atoms with van der Waals surface area (Å²) in [5.74, 6) is -0.869. The van der Waals surface area contributed by atoms with E-state index in [0.29, 0.717) is 5.58 Å². The van der Waals surface area contributed by atoms with E-state index in [9.17, 15) is 9.59 Å². The molecule has 2 unspecified atom stereocenters. The molecule has 6 heteroatoms. The highest BCUT2D eigenvalue weighted by molar-refractivity contribution is 9.10. The van der Waals surface area contributed by atoms with Crippen molar-refractivity contribution in [3.8, 4) is 0 Å². The van der Waals surface area contributed by atoms with Crippen molar-refractivity contribution >= 4 is 38.7 Å². The van der Waals surface area contributed by atoms with Gasteiger partial charge in [0, 0.05) is 5.39 Å². The number of para-hydroxylation sites is 1. The second-order valence-electron chi connectivity index (χ2n) is 5.01. The van der Waals surface area contributed by atoms with E-state index in [1.165, 1.54) is 0 Å². The summed E-state index contributed by atoms with van der Waals surface area (Å²) >= 11 is 3.37. The lowest BCUT2D eigenvalue weighted by atomic mass is 9.98. The molecule has 112 valence electrons. The maximum absolute atomic E-state index is 12.2. The molecule has 2 aromatic rings. The lowest BCUT2D eigenvalue weighted by Gasteiger charge is -2.20. The van der Waals surface area contributed by atoms with Gasteiger partial charge in [0.05, 0.1) is 4.47 Å². The Hall–Kier alpha value is -1.82. The number of nitrogens with one attached hydrogen (secondary N) is 1. The van der Waals surface area contributed by atoms with Crippen molar-refractivity contribution < 1.29 is 14.0 Å². The zero-order chi connectivity index (χ0) is 15.6. The molecule has 0 aliphatic carbocycles. The number of nitrogens with two attached hydrogens (primary N) is 1. The number of fused-ring (bicyclic) bond motifs is 1. The molecule has 0 fully saturated rings. The molecule has 0 bridgehead atoms. The standard InChI is InChI=1S/C15H17BrN2O3/c1-3-8(2)12(14(17)19)18-15(20)11-7-9-5-4-6-10(16)13(9)21-11/h4-8,12H,3H2,1-2H3,(H2,17,19)(H,18,20). The molecule has 1 aromatic carbocycles. The Balaban J connectivity index is 2.25. The van der Waals surface area contributed by atoms with Crippen LogP contribution in [0.1, 0.15) is 30.8 Å². The number of primary amides is 1. The molecular formula is C15H17BrN2O3. The summed E-state index contributed by atoms with van der Waals surface area (Å²) in [6, 6.07) is 6.47. The fourth-order valence-corrected chi connectivity index (χ4v) is 2.54. The van der Waals surface area contributed by atoms with Crippen molar-refractivity contribution in [3.63, 3.8) is 0 Å². The maximum atomic E-state index is 12.2. The summed E-state index contributed by atoms with van der Waals surface area (Å²) in [6.45, 7) is 3.80. The molecular weight excluding hydrogens is 336 g/mol. The van der Waals surface area contributed by atoms with Crippen LogP contribution < -0.4 is 11.1 Å². The van der Waals surface area contributed by atoms with E-state index in [4.69, 9.17) is 10.2 Å². The molecule has 5 nitrogen and oxygen atoms in total. The van der Waals surface area contributed by atoms with E-state index in [0.717, 1.165) is 16.3 Å². The third-order valence-corrected chi connectivity index (χ3v) is 4.15. The highest BCUT2D eigenvalue weighted by Crippen LogP contribution is 2.27. The quantitative estimate of drug-likeness (QED) is 0.867. The number of rotatable bonds is 5. The van der Waals surface area contributed by atoms with Crippen molar-refractivity contribution in [2.45, 2.75) is 26.3 Å². The van der Waals surface area contributed by atoms with Crippen LogP contribution in [0.3, 0.4) is 0 Å². The van der Waals surface area contributed by atoms with Gasteiger partial charge in [0.2, 0.25) is 5.91 Å². The summed E-state index contributed by atoms with van der Waals surface area (Å²) in [5, 5.41) is 3.45. The third kappa shape index (κ3) is 3.26. The first-order chi connectivity index (χ1) is 9.93. The van der Waals surface area contributed by atoms with Gasteiger partial charge >= 0.3 is 0 Å². The Kier molecular flexibility index (Phi) is 4.67. The molecule has 2 atom stereocenters. The second kappa shape index (κ2) is 6.30. The highest BCUT2D eigenvalue weighted by Gasteiger charge is 2.25. The van der Waals surface area contributed by atoms with Gasteiger partial charge in [-0.05, 0) is 34.0 Å². The van der Waals surface area contributed by atoms with E-state index in [1.54, 1.807) is 6.07 Å². The smallest absolute Gasteiger partial charge is 0.287 e. The predicted octanol–water partition coefficient (Wildman–Crippen LogP) is 2.83. The zero-order valence-corrected chi connectivity index (χ0v) is 13.4. The maximum Gasteiger partial charge on any atom is 0.287 e. The molecule has 0 aliphatic rings. The number of hydrogen-bond acceptors (Lipinski definition) is 3. The van der Waals surface area contributed by atoms with Gasteiger partial charge in [-0.15, -0.1) is 0 Å². The van der Waals surface area contributed by atoms with Gasteiger partial charge in [0.1, 0.15) is 11.6 Å². The summed E-state index contributed by atoms with van der Waals surface area (Å²) in [5.41, 5.74) is 5.95. The van der Waals surface area contributed by atoms with Crippen LogP contribution in [0.15, 0.2) is 33.2 Å². The van der Waals surface area contributed by atoms with Crippen LogP contribution in [0.25, 0.3) is 11.0 Å². The minimum absolute atomic E-state index is 0.0393. The first-order valence-electron chi connectivity index (χ1n) is 6.72. The minimum atomic E-state index is -0.709. The van der Waals surface area contributed by atoms with Gasteiger partial charge < -0.3 is 15.5 Å². The Morgan fingerprint density at radius 3 is 2.71 bits per heavy atom. The molecule has 21 heavy (non-hydrogen) atoms. The van der Waals surface area contributed by atoms with Crippen LogP contribution in [0.4, 0.5) is 0 Å². The molecule has 0 saturated heterocycles. The van der Waals surface area contributed by atoms with Gasteiger partial charge in [-0.2, -0.15) is 0 Å². The number of benzene rings is 1. The minimum Gasteiger partial charge on any atom is -0.450 e. The number of carbonyl (C=O) groups excluding carboxylic acids is 2. The molecule has 0 spiro atoms. The van der Waals surface area contributed by atoms with E-state index in [-0.39, 0.29) is 11.7 Å². The van der Waals surface area contributed by atoms with Crippen LogP contribution in [0.5, 0.6) is 0 Å². The van der Waals surface area contributed by atoms with Crippen LogP contribution in [0.2, 0.25) is 0 Å². The van der Waals surface area contributed by atoms with Crippen LogP contribution >= 0.6 is 15.9 Å². The molecule has 2 amide bonds. The Morgan fingerprint density at radius 1 is 1.43 bits per heavy atom. The van der Waals surface area contributed by atoms with Gasteiger partial charge in [-0.25, -0.2) is 0 Å². The molecule has 0 radical (unpaired) electrons. The Labute approximate surface area is 131 Å².